The lowest BCUT2D eigenvalue weighted by atomic mass is 10.2. The molecule has 0 aliphatic heterocycles. The summed E-state index contributed by atoms with van der Waals surface area (Å²) in [6, 6.07) is 15.4. The zero-order valence-corrected chi connectivity index (χ0v) is 12.1. The van der Waals surface area contributed by atoms with Crippen LogP contribution in [0.2, 0.25) is 0 Å². The van der Waals surface area contributed by atoms with Gasteiger partial charge < -0.3 is 5.11 Å². The van der Waals surface area contributed by atoms with Gasteiger partial charge in [0.05, 0.1) is 10.4 Å². The fourth-order valence-corrected chi connectivity index (χ4v) is 3.20. The fourth-order valence-electron chi connectivity index (χ4n) is 2.07. The van der Waals surface area contributed by atoms with E-state index in [1.165, 1.54) is 11.8 Å². The maximum absolute atomic E-state index is 11.4. The molecule has 21 heavy (non-hydrogen) atoms. The van der Waals surface area contributed by atoms with E-state index in [1.54, 1.807) is 0 Å². The van der Waals surface area contributed by atoms with Crippen molar-refractivity contribution in [3.8, 4) is 0 Å². The van der Waals surface area contributed by atoms with Crippen molar-refractivity contribution in [2.75, 3.05) is 0 Å². The van der Waals surface area contributed by atoms with Crippen molar-refractivity contribution in [2.45, 2.75) is 16.7 Å². The molecule has 3 rings (SSSR count). The summed E-state index contributed by atoms with van der Waals surface area (Å²) in [6.45, 7) is 2.01. The van der Waals surface area contributed by atoms with E-state index < -0.39 is 5.97 Å². The van der Waals surface area contributed by atoms with Crippen molar-refractivity contribution < 1.29 is 9.90 Å². The molecule has 0 aliphatic rings. The Kier molecular flexibility index (Phi) is 3.58. The molecule has 0 saturated carbocycles. The van der Waals surface area contributed by atoms with Crippen LogP contribution in [-0.2, 0) is 0 Å². The van der Waals surface area contributed by atoms with Gasteiger partial charge in [-0.1, -0.05) is 47.7 Å². The first-order valence-electron chi connectivity index (χ1n) is 6.38. The van der Waals surface area contributed by atoms with Crippen LogP contribution in [-0.4, -0.2) is 21.3 Å². The zero-order chi connectivity index (χ0) is 14.8. The molecule has 0 amide bonds. The predicted octanol–water partition coefficient (Wildman–Crippen LogP) is 3.79. The number of aromatic carboxylic acids is 1. The number of carbonyl (C=O) groups is 1. The summed E-state index contributed by atoms with van der Waals surface area (Å²) in [7, 11) is 0. The smallest absolute Gasteiger partial charge is 0.357 e. The second-order valence-corrected chi connectivity index (χ2v) is 5.70. The molecule has 0 spiro atoms. The summed E-state index contributed by atoms with van der Waals surface area (Å²) in [6.07, 6.45) is 0. The van der Waals surface area contributed by atoms with Gasteiger partial charge in [0.2, 0.25) is 0 Å². The molecule has 0 bridgehead atoms. The molecule has 0 aliphatic carbocycles. The predicted molar refractivity (Wildman–Crippen MR) is 81.8 cm³/mol. The largest absolute Gasteiger partial charge is 0.476 e. The number of carboxylic acid groups (broad SMARTS) is 1. The molecule has 1 heterocycles. The van der Waals surface area contributed by atoms with Gasteiger partial charge in [-0.05, 0) is 25.1 Å². The van der Waals surface area contributed by atoms with Crippen LogP contribution in [0.1, 0.15) is 16.1 Å². The van der Waals surface area contributed by atoms with Crippen LogP contribution in [0.15, 0.2) is 58.3 Å². The van der Waals surface area contributed by atoms with E-state index >= 15 is 0 Å². The van der Waals surface area contributed by atoms with Crippen molar-refractivity contribution in [1.82, 2.24) is 10.2 Å². The highest BCUT2D eigenvalue weighted by Crippen LogP contribution is 2.35. The summed E-state index contributed by atoms with van der Waals surface area (Å²) >= 11 is 1.40. The second-order valence-electron chi connectivity index (χ2n) is 4.62. The lowest BCUT2D eigenvalue weighted by Gasteiger charge is -2.08. The Bertz CT molecular complexity index is 833. The molecule has 0 saturated heterocycles. The number of hydrogen-bond acceptors (Lipinski definition) is 4. The van der Waals surface area contributed by atoms with E-state index in [0.29, 0.717) is 10.4 Å². The van der Waals surface area contributed by atoms with Crippen LogP contribution in [0.4, 0.5) is 0 Å². The molecule has 4 nitrogen and oxygen atoms in total. The summed E-state index contributed by atoms with van der Waals surface area (Å²) in [5.41, 5.74) is 1.81. The first-order valence-corrected chi connectivity index (χ1v) is 7.20. The number of rotatable bonds is 3. The van der Waals surface area contributed by atoms with Crippen LogP contribution in [0.3, 0.4) is 0 Å². The summed E-state index contributed by atoms with van der Waals surface area (Å²) < 4.78 is 0. The Balaban J connectivity index is 2.18. The van der Waals surface area contributed by atoms with Gasteiger partial charge in [-0.25, -0.2) is 4.79 Å². The number of aromatic nitrogens is 2. The van der Waals surface area contributed by atoms with Gasteiger partial charge >= 0.3 is 5.97 Å². The number of aryl methyl sites for hydroxylation is 1. The molecular weight excluding hydrogens is 284 g/mol. The molecule has 0 unspecified atom stereocenters. The third kappa shape index (κ3) is 2.73. The van der Waals surface area contributed by atoms with Gasteiger partial charge in [-0.3, -0.25) is 0 Å². The Morgan fingerprint density at radius 3 is 2.67 bits per heavy atom. The summed E-state index contributed by atoms with van der Waals surface area (Å²) in [4.78, 5) is 13.0. The van der Waals surface area contributed by atoms with Crippen molar-refractivity contribution in [3.63, 3.8) is 0 Å². The monoisotopic (exact) mass is 296 g/mol. The van der Waals surface area contributed by atoms with Crippen LogP contribution >= 0.6 is 11.8 Å². The maximum Gasteiger partial charge on any atom is 0.357 e. The van der Waals surface area contributed by atoms with Crippen LogP contribution in [0, 0.1) is 6.92 Å². The molecule has 1 aromatic heterocycles. The highest BCUT2D eigenvalue weighted by molar-refractivity contribution is 7.99. The summed E-state index contributed by atoms with van der Waals surface area (Å²) in [5.74, 6) is -1.07. The molecule has 0 radical (unpaired) electrons. The zero-order valence-electron chi connectivity index (χ0n) is 11.3. The minimum absolute atomic E-state index is 0.0137. The Morgan fingerprint density at radius 1 is 1.10 bits per heavy atom. The first-order chi connectivity index (χ1) is 10.1. The van der Waals surface area contributed by atoms with Crippen molar-refractivity contribution in [2.24, 2.45) is 0 Å². The Morgan fingerprint density at radius 2 is 1.90 bits per heavy atom. The van der Waals surface area contributed by atoms with Gasteiger partial charge in [0.1, 0.15) is 0 Å². The van der Waals surface area contributed by atoms with E-state index in [9.17, 15) is 9.90 Å². The topological polar surface area (TPSA) is 63.1 Å². The van der Waals surface area contributed by atoms with E-state index in [0.717, 1.165) is 15.8 Å². The number of nitrogens with zero attached hydrogens (tertiary/aromatic N) is 2. The van der Waals surface area contributed by atoms with Crippen molar-refractivity contribution in [3.05, 3.63) is 59.8 Å². The van der Waals surface area contributed by atoms with E-state index in [-0.39, 0.29) is 5.69 Å². The molecule has 5 heteroatoms. The lowest BCUT2D eigenvalue weighted by Crippen LogP contribution is -2.05. The molecule has 0 atom stereocenters. The lowest BCUT2D eigenvalue weighted by molar-refractivity contribution is 0.0685. The minimum Gasteiger partial charge on any atom is -0.476 e. The third-order valence-corrected chi connectivity index (χ3v) is 4.14. The highest BCUT2D eigenvalue weighted by atomic mass is 32.2. The standard InChI is InChI=1S/C16H12N2O2S/c1-10-5-4-6-11(9-10)21-15-12-7-2-3-8-13(12)17-18-14(15)16(19)20/h2-9H,1H3,(H,19,20). The van der Waals surface area contributed by atoms with Gasteiger partial charge in [0.15, 0.2) is 5.69 Å². The molecule has 1 N–H and O–H groups in total. The highest BCUT2D eigenvalue weighted by Gasteiger charge is 2.17. The normalized spacial score (nSPS) is 10.7. The maximum atomic E-state index is 11.4. The number of benzene rings is 2. The van der Waals surface area contributed by atoms with Gasteiger partial charge in [-0.15, -0.1) is 10.2 Å². The van der Waals surface area contributed by atoms with E-state index in [2.05, 4.69) is 10.2 Å². The quantitative estimate of drug-likeness (QED) is 0.796. The van der Waals surface area contributed by atoms with Crippen molar-refractivity contribution >= 4 is 28.6 Å². The van der Waals surface area contributed by atoms with Crippen molar-refractivity contribution in [1.29, 1.82) is 0 Å². The molecule has 104 valence electrons. The number of carboxylic acids is 1. The van der Waals surface area contributed by atoms with Crippen LogP contribution in [0.25, 0.3) is 10.9 Å². The Labute approximate surface area is 125 Å². The number of hydrogen-bond donors (Lipinski definition) is 1. The average molecular weight is 296 g/mol. The number of fused-ring (bicyclic) bond motifs is 1. The fraction of sp³-hybridized carbons (Fsp3) is 0.0625. The SMILES string of the molecule is Cc1cccc(Sc2c(C(=O)O)nnc3ccccc23)c1. The molecule has 2 aromatic carbocycles. The van der Waals surface area contributed by atoms with E-state index in [1.807, 2.05) is 55.5 Å². The molecule has 3 aromatic rings. The van der Waals surface area contributed by atoms with Crippen LogP contribution in [0.5, 0.6) is 0 Å². The second kappa shape index (κ2) is 5.54. The van der Waals surface area contributed by atoms with Gasteiger partial charge in [0.25, 0.3) is 0 Å². The minimum atomic E-state index is -1.07. The van der Waals surface area contributed by atoms with Gasteiger partial charge in [-0.2, -0.15) is 0 Å². The molecule has 0 fully saturated rings. The summed E-state index contributed by atoms with van der Waals surface area (Å²) in [5, 5.41) is 18.0. The van der Waals surface area contributed by atoms with Gasteiger partial charge in [0, 0.05) is 10.3 Å². The Hall–Kier alpha value is -2.40. The third-order valence-electron chi connectivity index (χ3n) is 3.03. The first kappa shape index (κ1) is 13.6. The van der Waals surface area contributed by atoms with E-state index in [4.69, 9.17) is 0 Å². The average Bonchev–Trinajstić information content (AvgIpc) is 2.47. The van der Waals surface area contributed by atoms with Crippen LogP contribution < -0.4 is 0 Å². The molecular formula is C16H12N2O2S.